The molecule has 0 aromatic carbocycles. The molecule has 0 heterocycles. The van der Waals surface area contributed by atoms with E-state index in [0.717, 1.165) is 25.2 Å². The van der Waals surface area contributed by atoms with Gasteiger partial charge in [-0.2, -0.15) is 0 Å². The molecular weight excluding hydrogens is 268 g/mol. The lowest BCUT2D eigenvalue weighted by Crippen LogP contribution is -1.86. The van der Waals surface area contributed by atoms with Crippen molar-refractivity contribution in [2.24, 2.45) is 5.92 Å². The Bertz CT molecular complexity index is 334. The Labute approximate surface area is 139 Å². The number of unbranched alkanes of at least 4 members (excludes halogenated alkanes) is 10. The Morgan fingerprint density at radius 1 is 0.591 bits per heavy atom. The lowest BCUT2D eigenvalue weighted by Gasteiger charge is -2.01. The van der Waals surface area contributed by atoms with E-state index in [4.69, 9.17) is 5.11 Å². The summed E-state index contributed by atoms with van der Waals surface area (Å²) < 4.78 is 0. The summed E-state index contributed by atoms with van der Waals surface area (Å²) in [4.78, 5) is 0. The average Bonchev–Trinajstić information content (AvgIpc) is 2.50. The summed E-state index contributed by atoms with van der Waals surface area (Å²) in [5.41, 5.74) is 0. The van der Waals surface area contributed by atoms with Crippen molar-refractivity contribution in [3.63, 3.8) is 0 Å². The van der Waals surface area contributed by atoms with Crippen LogP contribution < -0.4 is 0 Å². The second-order valence-corrected chi connectivity index (χ2v) is 6.48. The number of aliphatic hydroxyl groups is 1. The van der Waals surface area contributed by atoms with Crippen LogP contribution in [0.15, 0.2) is 0 Å². The van der Waals surface area contributed by atoms with Gasteiger partial charge in [-0.3, -0.25) is 0 Å². The molecule has 1 nitrogen and oxygen atoms in total. The van der Waals surface area contributed by atoms with Crippen LogP contribution in [0.4, 0.5) is 0 Å². The number of hydrogen-bond donors (Lipinski definition) is 1. The van der Waals surface area contributed by atoms with Crippen molar-refractivity contribution >= 4 is 0 Å². The third kappa shape index (κ3) is 19.1. The van der Waals surface area contributed by atoms with Crippen molar-refractivity contribution in [2.45, 2.75) is 97.3 Å². The fraction of sp³-hybridized carbons (Fsp3) is 0.810. The molecule has 0 bridgehead atoms. The average molecular weight is 305 g/mol. The predicted molar refractivity (Wildman–Crippen MR) is 97.5 cm³/mol. The minimum Gasteiger partial charge on any atom is -0.384 e. The molecule has 0 saturated carbocycles. The molecule has 0 rings (SSSR count). The maximum absolute atomic E-state index is 8.52. The number of rotatable bonds is 12. The molecule has 1 N–H and O–H groups in total. The Balaban J connectivity index is 3.14. The van der Waals surface area contributed by atoms with E-state index in [1.807, 2.05) is 0 Å². The van der Waals surface area contributed by atoms with Gasteiger partial charge in [-0.25, -0.2) is 0 Å². The van der Waals surface area contributed by atoms with Crippen LogP contribution in [-0.4, -0.2) is 11.7 Å². The van der Waals surface area contributed by atoms with Crippen LogP contribution in [0.2, 0.25) is 0 Å². The van der Waals surface area contributed by atoms with E-state index in [-0.39, 0.29) is 6.61 Å². The van der Waals surface area contributed by atoms with E-state index in [9.17, 15) is 0 Å². The molecule has 0 saturated heterocycles. The monoisotopic (exact) mass is 304 g/mol. The summed E-state index contributed by atoms with van der Waals surface area (Å²) in [6.45, 7) is 4.58. The van der Waals surface area contributed by atoms with Gasteiger partial charge >= 0.3 is 0 Å². The molecule has 0 spiro atoms. The minimum absolute atomic E-state index is 0.000831. The molecular formula is C21H36O. The molecule has 0 aromatic rings. The van der Waals surface area contributed by atoms with Gasteiger partial charge in [0.2, 0.25) is 0 Å². The van der Waals surface area contributed by atoms with E-state index >= 15 is 0 Å². The summed E-state index contributed by atoms with van der Waals surface area (Å²) in [6, 6.07) is 0. The Hall–Kier alpha value is -0.920. The minimum atomic E-state index is 0.000831. The van der Waals surface area contributed by atoms with Crippen molar-refractivity contribution in [1.82, 2.24) is 0 Å². The third-order valence-corrected chi connectivity index (χ3v) is 3.77. The fourth-order valence-corrected chi connectivity index (χ4v) is 2.40. The van der Waals surface area contributed by atoms with E-state index in [0.29, 0.717) is 0 Å². The standard InChI is InChI=1S/C21H36O/c1-21(2)19-17-15-13-11-9-7-5-3-4-6-8-10-12-14-16-18-20-22/h21-22H,3-8,10,12-15,17,19-20H2,1-2H3. The lowest BCUT2D eigenvalue weighted by atomic mass is 10.1. The van der Waals surface area contributed by atoms with Gasteiger partial charge in [-0.05, 0) is 25.2 Å². The highest BCUT2D eigenvalue weighted by molar-refractivity contribution is 4.98. The van der Waals surface area contributed by atoms with Crippen LogP contribution in [0.5, 0.6) is 0 Å². The van der Waals surface area contributed by atoms with Crippen LogP contribution in [0, 0.1) is 29.6 Å². The van der Waals surface area contributed by atoms with Crippen molar-refractivity contribution in [2.75, 3.05) is 6.61 Å². The SMILES string of the molecule is CC(C)CCCCC#CCCCCCCCCCC#CCO. The molecule has 1 heteroatoms. The smallest absolute Gasteiger partial charge is 0.104 e. The van der Waals surface area contributed by atoms with E-state index < -0.39 is 0 Å². The molecule has 0 aliphatic rings. The first-order valence-electron chi connectivity index (χ1n) is 9.29. The van der Waals surface area contributed by atoms with Gasteiger partial charge in [-0.15, -0.1) is 17.8 Å². The second-order valence-electron chi connectivity index (χ2n) is 6.48. The van der Waals surface area contributed by atoms with E-state index in [1.54, 1.807) is 0 Å². The van der Waals surface area contributed by atoms with Crippen LogP contribution in [0.3, 0.4) is 0 Å². The van der Waals surface area contributed by atoms with Gasteiger partial charge in [0.15, 0.2) is 0 Å². The molecule has 0 aliphatic heterocycles. The van der Waals surface area contributed by atoms with Crippen LogP contribution >= 0.6 is 0 Å². The normalized spacial score (nSPS) is 10.0. The van der Waals surface area contributed by atoms with Gasteiger partial charge in [0.1, 0.15) is 6.61 Å². The van der Waals surface area contributed by atoms with Crippen LogP contribution in [0.1, 0.15) is 97.3 Å². The summed E-state index contributed by atoms with van der Waals surface area (Å²) in [5, 5.41) is 8.52. The first-order valence-corrected chi connectivity index (χ1v) is 9.29. The lowest BCUT2D eigenvalue weighted by molar-refractivity contribution is 0.350. The molecule has 0 amide bonds. The predicted octanol–water partition coefficient (Wildman–Crippen LogP) is 5.71. The Kier molecular flexibility index (Phi) is 17.4. The molecule has 0 aliphatic carbocycles. The highest BCUT2D eigenvalue weighted by atomic mass is 16.2. The van der Waals surface area contributed by atoms with Crippen molar-refractivity contribution in [3.8, 4) is 23.7 Å². The maximum atomic E-state index is 8.52. The van der Waals surface area contributed by atoms with Gasteiger partial charge < -0.3 is 5.11 Å². The van der Waals surface area contributed by atoms with Crippen molar-refractivity contribution < 1.29 is 5.11 Å². The van der Waals surface area contributed by atoms with Gasteiger partial charge in [-0.1, -0.05) is 64.7 Å². The largest absolute Gasteiger partial charge is 0.384 e. The zero-order valence-corrected chi connectivity index (χ0v) is 14.9. The van der Waals surface area contributed by atoms with Crippen molar-refractivity contribution in [1.29, 1.82) is 0 Å². The zero-order chi connectivity index (χ0) is 16.3. The van der Waals surface area contributed by atoms with Crippen LogP contribution in [-0.2, 0) is 0 Å². The van der Waals surface area contributed by atoms with E-state index in [1.165, 1.54) is 64.2 Å². The molecule has 0 fully saturated rings. The zero-order valence-electron chi connectivity index (χ0n) is 14.9. The van der Waals surface area contributed by atoms with Gasteiger partial charge in [0.25, 0.3) is 0 Å². The molecule has 0 radical (unpaired) electrons. The molecule has 22 heavy (non-hydrogen) atoms. The number of aliphatic hydroxyl groups excluding tert-OH is 1. The molecule has 0 aromatic heterocycles. The van der Waals surface area contributed by atoms with Crippen LogP contribution in [0.25, 0.3) is 0 Å². The number of hydrogen-bond acceptors (Lipinski definition) is 1. The summed E-state index contributed by atoms with van der Waals surface area (Å²) in [6.07, 6.45) is 16.1. The highest BCUT2D eigenvalue weighted by Gasteiger charge is 1.92. The summed E-state index contributed by atoms with van der Waals surface area (Å²) >= 11 is 0. The maximum Gasteiger partial charge on any atom is 0.104 e. The molecule has 0 unspecified atom stereocenters. The quantitative estimate of drug-likeness (QED) is 0.361. The van der Waals surface area contributed by atoms with Crippen molar-refractivity contribution in [3.05, 3.63) is 0 Å². The topological polar surface area (TPSA) is 20.2 Å². The Morgan fingerprint density at radius 2 is 1.00 bits per heavy atom. The first kappa shape index (κ1) is 21.1. The molecule has 0 atom stereocenters. The third-order valence-electron chi connectivity index (χ3n) is 3.77. The summed E-state index contributed by atoms with van der Waals surface area (Å²) in [7, 11) is 0. The molecule has 126 valence electrons. The fourth-order valence-electron chi connectivity index (χ4n) is 2.40. The van der Waals surface area contributed by atoms with Gasteiger partial charge in [0.05, 0.1) is 0 Å². The summed E-state index contributed by atoms with van der Waals surface area (Å²) in [5.74, 6) is 13.1. The first-order chi connectivity index (χ1) is 10.8. The van der Waals surface area contributed by atoms with Gasteiger partial charge in [0, 0.05) is 19.3 Å². The second kappa shape index (κ2) is 18.1. The van der Waals surface area contributed by atoms with E-state index in [2.05, 4.69) is 37.5 Å². The highest BCUT2D eigenvalue weighted by Crippen LogP contribution is 2.09. The Morgan fingerprint density at radius 3 is 1.45 bits per heavy atom.